The maximum absolute atomic E-state index is 3.82. The van der Waals surface area contributed by atoms with Crippen LogP contribution in [0.3, 0.4) is 0 Å². The first-order valence-corrected chi connectivity index (χ1v) is 7.87. The van der Waals surface area contributed by atoms with Gasteiger partial charge in [0.15, 0.2) is 0 Å². The second-order valence-electron chi connectivity index (χ2n) is 4.76. The first-order chi connectivity index (χ1) is 7.86. The fourth-order valence-corrected chi connectivity index (χ4v) is 3.67. The molecule has 1 aliphatic carbocycles. The van der Waals surface area contributed by atoms with E-state index >= 15 is 0 Å². The largest absolute Gasteiger partial charge is 0.313 e. The van der Waals surface area contributed by atoms with Gasteiger partial charge in [-0.2, -0.15) is 11.8 Å². The highest BCUT2D eigenvalue weighted by atomic mass is 32.2. The second kappa shape index (κ2) is 9.12. The van der Waals surface area contributed by atoms with Crippen LogP contribution in [0.2, 0.25) is 0 Å². The standard InChI is InChI=1S/C14H27NS/c1-3-5-8-13(15-11-4-2)12-16-14-9-6-7-10-14/h3,13-15H,1,4-12H2,2H3. The van der Waals surface area contributed by atoms with Crippen LogP contribution in [0, 0.1) is 0 Å². The van der Waals surface area contributed by atoms with E-state index in [1.165, 1.54) is 44.3 Å². The van der Waals surface area contributed by atoms with Crippen molar-refractivity contribution in [3.05, 3.63) is 12.7 Å². The first kappa shape index (κ1) is 14.1. The molecule has 0 aromatic heterocycles. The number of rotatable bonds is 9. The third kappa shape index (κ3) is 5.95. The Morgan fingerprint density at radius 2 is 2.19 bits per heavy atom. The van der Waals surface area contributed by atoms with Crippen molar-refractivity contribution in [2.75, 3.05) is 12.3 Å². The molecule has 1 saturated carbocycles. The van der Waals surface area contributed by atoms with Crippen LogP contribution in [0.25, 0.3) is 0 Å². The first-order valence-electron chi connectivity index (χ1n) is 6.82. The maximum atomic E-state index is 3.82. The fraction of sp³-hybridized carbons (Fsp3) is 0.857. The summed E-state index contributed by atoms with van der Waals surface area (Å²) in [5.74, 6) is 1.29. The van der Waals surface area contributed by atoms with E-state index in [4.69, 9.17) is 0 Å². The molecule has 16 heavy (non-hydrogen) atoms. The van der Waals surface area contributed by atoms with E-state index in [1.807, 2.05) is 6.08 Å². The minimum atomic E-state index is 0.698. The number of hydrogen-bond donors (Lipinski definition) is 1. The molecule has 0 amide bonds. The Hall–Kier alpha value is 0.0500. The topological polar surface area (TPSA) is 12.0 Å². The number of allylic oxidation sites excluding steroid dienone is 1. The Kier molecular flexibility index (Phi) is 8.04. The van der Waals surface area contributed by atoms with Gasteiger partial charge in [-0.1, -0.05) is 25.8 Å². The SMILES string of the molecule is C=CCCC(CSC1CCCC1)NCCC. The molecule has 0 spiro atoms. The molecular formula is C14H27NS. The van der Waals surface area contributed by atoms with Crippen LogP contribution in [0.1, 0.15) is 51.9 Å². The fourth-order valence-electron chi connectivity index (χ4n) is 2.22. The molecule has 1 atom stereocenters. The van der Waals surface area contributed by atoms with E-state index in [0.717, 1.165) is 18.2 Å². The molecule has 94 valence electrons. The summed E-state index contributed by atoms with van der Waals surface area (Å²) in [4.78, 5) is 0. The lowest BCUT2D eigenvalue weighted by Gasteiger charge is -2.19. The predicted molar refractivity (Wildman–Crippen MR) is 76.2 cm³/mol. The molecule has 1 N–H and O–H groups in total. The van der Waals surface area contributed by atoms with Crippen molar-refractivity contribution in [2.24, 2.45) is 0 Å². The van der Waals surface area contributed by atoms with Gasteiger partial charge in [-0.15, -0.1) is 6.58 Å². The summed E-state index contributed by atoms with van der Waals surface area (Å²) in [5, 5.41) is 4.61. The average Bonchev–Trinajstić information content (AvgIpc) is 2.81. The van der Waals surface area contributed by atoms with Crippen molar-refractivity contribution in [3.8, 4) is 0 Å². The van der Waals surface area contributed by atoms with Gasteiger partial charge in [0.05, 0.1) is 0 Å². The summed E-state index contributed by atoms with van der Waals surface area (Å²) in [5.41, 5.74) is 0. The van der Waals surface area contributed by atoms with Crippen LogP contribution in [0.4, 0.5) is 0 Å². The third-order valence-electron chi connectivity index (χ3n) is 3.24. The zero-order chi connectivity index (χ0) is 11.6. The van der Waals surface area contributed by atoms with Crippen LogP contribution in [0.15, 0.2) is 12.7 Å². The van der Waals surface area contributed by atoms with Crippen molar-refractivity contribution in [3.63, 3.8) is 0 Å². The molecule has 0 aliphatic heterocycles. The Balaban J connectivity index is 2.15. The molecule has 1 unspecified atom stereocenters. The molecule has 1 fully saturated rings. The van der Waals surface area contributed by atoms with Gasteiger partial charge in [0, 0.05) is 17.0 Å². The van der Waals surface area contributed by atoms with Gasteiger partial charge in [0.1, 0.15) is 0 Å². The van der Waals surface area contributed by atoms with E-state index in [9.17, 15) is 0 Å². The van der Waals surface area contributed by atoms with Crippen LogP contribution >= 0.6 is 11.8 Å². The molecule has 0 heterocycles. The average molecular weight is 241 g/mol. The van der Waals surface area contributed by atoms with Crippen molar-refractivity contribution in [1.29, 1.82) is 0 Å². The van der Waals surface area contributed by atoms with Gasteiger partial charge in [-0.05, 0) is 38.6 Å². The van der Waals surface area contributed by atoms with Crippen LogP contribution in [-0.2, 0) is 0 Å². The van der Waals surface area contributed by atoms with Crippen molar-refractivity contribution in [2.45, 2.75) is 63.2 Å². The lowest BCUT2D eigenvalue weighted by atomic mass is 10.2. The summed E-state index contributed by atoms with van der Waals surface area (Å²) in [6, 6.07) is 0.698. The van der Waals surface area contributed by atoms with E-state index in [1.54, 1.807) is 0 Å². The van der Waals surface area contributed by atoms with Gasteiger partial charge < -0.3 is 5.32 Å². The lowest BCUT2D eigenvalue weighted by molar-refractivity contribution is 0.523. The smallest absolute Gasteiger partial charge is 0.0161 e. The van der Waals surface area contributed by atoms with E-state index in [2.05, 4.69) is 30.6 Å². The molecule has 0 aromatic carbocycles. The molecule has 0 bridgehead atoms. The molecule has 1 rings (SSSR count). The van der Waals surface area contributed by atoms with Crippen LogP contribution in [-0.4, -0.2) is 23.6 Å². The molecule has 2 heteroatoms. The summed E-state index contributed by atoms with van der Waals surface area (Å²) in [7, 11) is 0. The minimum absolute atomic E-state index is 0.698. The number of nitrogens with one attached hydrogen (secondary N) is 1. The summed E-state index contributed by atoms with van der Waals surface area (Å²) in [6.45, 7) is 7.21. The van der Waals surface area contributed by atoms with Crippen LogP contribution in [0.5, 0.6) is 0 Å². The molecular weight excluding hydrogens is 214 g/mol. The quantitative estimate of drug-likeness (QED) is 0.612. The van der Waals surface area contributed by atoms with E-state index in [0.29, 0.717) is 6.04 Å². The highest BCUT2D eigenvalue weighted by Gasteiger charge is 2.17. The molecule has 1 aliphatic rings. The molecule has 0 radical (unpaired) electrons. The molecule has 0 aromatic rings. The molecule has 1 nitrogen and oxygen atoms in total. The van der Waals surface area contributed by atoms with E-state index < -0.39 is 0 Å². The van der Waals surface area contributed by atoms with E-state index in [-0.39, 0.29) is 0 Å². The normalized spacial score (nSPS) is 18.8. The minimum Gasteiger partial charge on any atom is -0.313 e. The Labute approximate surface area is 105 Å². The summed E-state index contributed by atoms with van der Waals surface area (Å²) >= 11 is 2.20. The lowest BCUT2D eigenvalue weighted by Crippen LogP contribution is -2.32. The van der Waals surface area contributed by atoms with Crippen molar-refractivity contribution < 1.29 is 0 Å². The second-order valence-corrected chi connectivity index (χ2v) is 6.09. The zero-order valence-corrected chi connectivity index (χ0v) is 11.5. The van der Waals surface area contributed by atoms with Gasteiger partial charge in [-0.3, -0.25) is 0 Å². The predicted octanol–water partition coefficient (Wildman–Crippen LogP) is 4.00. The monoisotopic (exact) mass is 241 g/mol. The van der Waals surface area contributed by atoms with Gasteiger partial charge in [-0.25, -0.2) is 0 Å². The number of thioether (sulfide) groups is 1. The van der Waals surface area contributed by atoms with Gasteiger partial charge in [0.2, 0.25) is 0 Å². The van der Waals surface area contributed by atoms with Crippen molar-refractivity contribution in [1.82, 2.24) is 5.32 Å². The highest BCUT2D eigenvalue weighted by Crippen LogP contribution is 2.30. The maximum Gasteiger partial charge on any atom is 0.0161 e. The highest BCUT2D eigenvalue weighted by molar-refractivity contribution is 7.99. The number of hydrogen-bond acceptors (Lipinski definition) is 2. The Morgan fingerprint density at radius 3 is 2.81 bits per heavy atom. The summed E-state index contributed by atoms with van der Waals surface area (Å²) in [6.07, 6.45) is 11.5. The Bertz CT molecular complexity index is 176. The third-order valence-corrected chi connectivity index (χ3v) is 4.78. The van der Waals surface area contributed by atoms with Crippen LogP contribution < -0.4 is 5.32 Å². The van der Waals surface area contributed by atoms with Gasteiger partial charge in [0.25, 0.3) is 0 Å². The van der Waals surface area contributed by atoms with Crippen molar-refractivity contribution >= 4 is 11.8 Å². The molecule has 0 saturated heterocycles. The van der Waals surface area contributed by atoms with Gasteiger partial charge >= 0.3 is 0 Å². The summed E-state index contributed by atoms with van der Waals surface area (Å²) < 4.78 is 0. The zero-order valence-electron chi connectivity index (χ0n) is 10.7. The Morgan fingerprint density at radius 1 is 1.44 bits per heavy atom.